The van der Waals surface area contributed by atoms with Crippen LogP contribution in [0, 0.1) is 17.3 Å². The molecule has 2 aromatic rings. The molecule has 2 fully saturated rings. The van der Waals surface area contributed by atoms with E-state index in [9.17, 15) is 5.11 Å². The van der Waals surface area contributed by atoms with Gasteiger partial charge in [0.25, 0.3) is 0 Å². The fraction of sp³-hybridized carbons (Fsp3) is 0.481. The van der Waals surface area contributed by atoms with Gasteiger partial charge in [0.15, 0.2) is 0 Å². The van der Waals surface area contributed by atoms with E-state index in [0.29, 0.717) is 17.8 Å². The smallest absolute Gasteiger partial charge is 0.119 e. The molecule has 2 saturated carbocycles. The zero-order valence-electron chi connectivity index (χ0n) is 18.2. The topological polar surface area (TPSA) is 38.7 Å². The summed E-state index contributed by atoms with van der Waals surface area (Å²) in [5.74, 6) is 3.65. The summed E-state index contributed by atoms with van der Waals surface area (Å²) in [4.78, 5) is 0. The minimum atomic E-state index is -0.345. The number of aliphatic hydroxyl groups excluding tert-OH is 1. The number of aryl methyl sites for hydroxylation is 1. The summed E-state index contributed by atoms with van der Waals surface area (Å²) in [6.45, 7) is 2.33. The van der Waals surface area contributed by atoms with E-state index in [1.807, 2.05) is 12.1 Å². The van der Waals surface area contributed by atoms with E-state index in [0.717, 1.165) is 36.3 Å². The van der Waals surface area contributed by atoms with Crippen molar-refractivity contribution in [2.75, 3.05) is 14.2 Å². The van der Waals surface area contributed by atoms with Crippen molar-refractivity contribution in [2.24, 2.45) is 17.3 Å². The largest absolute Gasteiger partial charge is 0.497 e. The molecule has 0 amide bonds. The molecule has 30 heavy (non-hydrogen) atoms. The van der Waals surface area contributed by atoms with Gasteiger partial charge in [-0.15, -0.1) is 0 Å². The van der Waals surface area contributed by atoms with Gasteiger partial charge in [0, 0.05) is 5.41 Å². The summed E-state index contributed by atoms with van der Waals surface area (Å²) >= 11 is 0. The lowest BCUT2D eigenvalue weighted by molar-refractivity contribution is -0.0158. The maximum atomic E-state index is 11.3. The molecule has 5 atom stereocenters. The Bertz CT molecular complexity index is 961. The molecule has 0 radical (unpaired) electrons. The van der Waals surface area contributed by atoms with E-state index >= 15 is 0 Å². The van der Waals surface area contributed by atoms with Crippen molar-refractivity contribution < 1.29 is 14.6 Å². The Morgan fingerprint density at radius 2 is 1.73 bits per heavy atom. The van der Waals surface area contributed by atoms with E-state index < -0.39 is 0 Å². The van der Waals surface area contributed by atoms with Crippen molar-refractivity contribution in [3.05, 3.63) is 64.7 Å². The number of fused-ring (bicyclic) bond motifs is 5. The minimum absolute atomic E-state index is 0.0105. The first kappa shape index (κ1) is 19.7. The van der Waals surface area contributed by atoms with Gasteiger partial charge in [0.2, 0.25) is 0 Å². The zero-order valence-corrected chi connectivity index (χ0v) is 18.2. The van der Waals surface area contributed by atoms with E-state index in [1.54, 1.807) is 14.2 Å². The summed E-state index contributed by atoms with van der Waals surface area (Å²) in [6, 6.07) is 14.8. The first-order chi connectivity index (χ1) is 14.5. The van der Waals surface area contributed by atoms with Gasteiger partial charge >= 0.3 is 0 Å². The van der Waals surface area contributed by atoms with Gasteiger partial charge in [-0.25, -0.2) is 0 Å². The van der Waals surface area contributed by atoms with Crippen LogP contribution < -0.4 is 9.47 Å². The molecule has 0 spiro atoms. The third kappa shape index (κ3) is 3.06. The molecule has 3 heteroatoms. The molecule has 0 aromatic heterocycles. The quantitative estimate of drug-likeness (QED) is 0.722. The van der Waals surface area contributed by atoms with Crippen LogP contribution in [0.5, 0.6) is 11.5 Å². The molecule has 158 valence electrons. The summed E-state index contributed by atoms with van der Waals surface area (Å²) in [7, 11) is 3.44. The molecule has 0 aliphatic heterocycles. The average molecular weight is 405 g/mol. The van der Waals surface area contributed by atoms with Gasteiger partial charge in [-0.2, -0.15) is 0 Å². The Hall–Kier alpha value is -2.26. The first-order valence-corrected chi connectivity index (χ1v) is 11.2. The van der Waals surface area contributed by atoms with E-state index in [4.69, 9.17) is 9.47 Å². The van der Waals surface area contributed by atoms with Gasteiger partial charge in [-0.3, -0.25) is 0 Å². The maximum Gasteiger partial charge on any atom is 0.119 e. The van der Waals surface area contributed by atoms with Crippen LogP contribution in [0.1, 0.15) is 55.2 Å². The van der Waals surface area contributed by atoms with Gasteiger partial charge in [0.05, 0.1) is 20.3 Å². The van der Waals surface area contributed by atoms with Crippen LogP contribution in [0.25, 0.3) is 6.08 Å². The molecule has 0 heterocycles. The van der Waals surface area contributed by atoms with E-state index in [-0.39, 0.29) is 11.5 Å². The standard InChI is InChI=1S/C27H32O3/c1-27-13-12-23-22-11-9-21(30-3)15-18(22)6-10-24(23)25(27)16-19(26(27)28)14-17-4-7-20(29-2)8-5-17/h4-5,7-9,11,14-15,23-26,28H,6,10,12-13,16H2,1-3H3/b19-14+/t23-,24+,25+,26+,27+/m1/s1. The lowest BCUT2D eigenvalue weighted by atomic mass is 9.55. The normalized spacial score (nSPS) is 33.5. The van der Waals surface area contributed by atoms with Gasteiger partial charge in [0.1, 0.15) is 11.5 Å². The van der Waals surface area contributed by atoms with Crippen molar-refractivity contribution in [3.63, 3.8) is 0 Å². The number of rotatable bonds is 3. The summed E-state index contributed by atoms with van der Waals surface area (Å²) in [6.07, 6.45) is 7.47. The molecule has 3 aliphatic carbocycles. The van der Waals surface area contributed by atoms with Crippen molar-refractivity contribution in [1.29, 1.82) is 0 Å². The highest BCUT2D eigenvalue weighted by molar-refractivity contribution is 5.56. The van der Waals surface area contributed by atoms with Crippen LogP contribution >= 0.6 is 0 Å². The predicted octanol–water partition coefficient (Wildman–Crippen LogP) is 5.61. The number of hydrogen-bond acceptors (Lipinski definition) is 3. The number of ether oxygens (including phenoxy) is 2. The van der Waals surface area contributed by atoms with Gasteiger partial charge in [-0.05, 0) is 96.4 Å². The highest BCUT2D eigenvalue weighted by Crippen LogP contribution is 2.62. The summed E-state index contributed by atoms with van der Waals surface area (Å²) < 4.78 is 10.7. The molecule has 0 saturated heterocycles. The second-order valence-electron chi connectivity index (χ2n) is 9.62. The van der Waals surface area contributed by atoms with Crippen LogP contribution in [0.3, 0.4) is 0 Å². The summed E-state index contributed by atoms with van der Waals surface area (Å²) in [5, 5.41) is 11.3. The Labute approximate surface area is 179 Å². The number of aliphatic hydroxyl groups is 1. The monoisotopic (exact) mass is 404 g/mol. The average Bonchev–Trinajstić information content (AvgIpc) is 3.04. The number of methoxy groups -OCH3 is 2. The van der Waals surface area contributed by atoms with E-state index in [2.05, 4.69) is 43.3 Å². The van der Waals surface area contributed by atoms with Crippen LogP contribution in [0.15, 0.2) is 48.0 Å². The molecular formula is C27H32O3. The molecule has 0 unspecified atom stereocenters. The van der Waals surface area contributed by atoms with Crippen molar-refractivity contribution in [3.8, 4) is 11.5 Å². The molecular weight excluding hydrogens is 372 g/mol. The SMILES string of the molecule is COc1ccc(/C=C2\C[C@H]3[C@H]4CCc5cc(OC)ccc5[C@H]4CC[C@]3(C)[C@H]2O)cc1. The molecule has 3 nitrogen and oxygen atoms in total. The second-order valence-corrected chi connectivity index (χ2v) is 9.62. The highest BCUT2D eigenvalue weighted by Gasteiger charge is 2.56. The first-order valence-electron chi connectivity index (χ1n) is 11.2. The van der Waals surface area contributed by atoms with Crippen molar-refractivity contribution in [2.45, 2.75) is 51.0 Å². The predicted molar refractivity (Wildman–Crippen MR) is 120 cm³/mol. The fourth-order valence-electron chi connectivity index (χ4n) is 6.60. The maximum absolute atomic E-state index is 11.3. The number of benzene rings is 2. The Balaban J connectivity index is 1.44. The van der Waals surface area contributed by atoms with E-state index in [1.165, 1.54) is 29.5 Å². The minimum Gasteiger partial charge on any atom is -0.497 e. The highest BCUT2D eigenvalue weighted by atomic mass is 16.5. The molecule has 0 bridgehead atoms. The van der Waals surface area contributed by atoms with Crippen LogP contribution in [-0.2, 0) is 6.42 Å². The van der Waals surface area contributed by atoms with Crippen LogP contribution in [0.2, 0.25) is 0 Å². The van der Waals surface area contributed by atoms with Crippen molar-refractivity contribution in [1.82, 2.24) is 0 Å². The Morgan fingerprint density at radius 1 is 1.00 bits per heavy atom. The zero-order chi connectivity index (χ0) is 20.9. The van der Waals surface area contributed by atoms with Gasteiger partial charge in [-0.1, -0.05) is 31.2 Å². The van der Waals surface area contributed by atoms with Crippen LogP contribution in [-0.4, -0.2) is 25.4 Å². The molecule has 5 rings (SSSR count). The fourth-order valence-corrected chi connectivity index (χ4v) is 6.60. The van der Waals surface area contributed by atoms with Crippen LogP contribution in [0.4, 0.5) is 0 Å². The summed E-state index contributed by atoms with van der Waals surface area (Å²) in [5.41, 5.74) is 5.32. The lowest BCUT2D eigenvalue weighted by Crippen LogP contribution is -2.44. The Morgan fingerprint density at radius 3 is 2.47 bits per heavy atom. The van der Waals surface area contributed by atoms with Crippen molar-refractivity contribution >= 4 is 6.08 Å². The lowest BCUT2D eigenvalue weighted by Gasteiger charge is -2.49. The Kier molecular flexibility index (Phi) is 4.89. The van der Waals surface area contributed by atoms with Gasteiger partial charge < -0.3 is 14.6 Å². The molecule has 2 aromatic carbocycles. The third-order valence-electron chi connectivity index (χ3n) is 8.27. The molecule has 3 aliphatic rings. The second kappa shape index (κ2) is 7.46. The number of hydrogen-bond donors (Lipinski definition) is 1. The molecule has 1 N–H and O–H groups in total. The third-order valence-corrected chi connectivity index (χ3v) is 8.27.